The molecule has 4 rings (SSSR count). The van der Waals surface area contributed by atoms with E-state index < -0.39 is 0 Å². The summed E-state index contributed by atoms with van der Waals surface area (Å²) >= 11 is 6.00. The van der Waals surface area contributed by atoms with Crippen LogP contribution >= 0.6 is 11.6 Å². The van der Waals surface area contributed by atoms with E-state index >= 15 is 0 Å². The van der Waals surface area contributed by atoms with Gasteiger partial charge in [-0.2, -0.15) is 0 Å². The van der Waals surface area contributed by atoms with Crippen LogP contribution in [0.3, 0.4) is 0 Å². The normalized spacial score (nSPS) is 17.5. The third kappa shape index (κ3) is 3.30. The number of aromatic nitrogens is 1. The first-order valence-electron chi connectivity index (χ1n) is 8.68. The van der Waals surface area contributed by atoms with Crippen molar-refractivity contribution in [3.8, 4) is 11.3 Å². The zero-order chi connectivity index (χ0) is 18.1. The summed E-state index contributed by atoms with van der Waals surface area (Å²) in [5, 5.41) is 1.54. The van der Waals surface area contributed by atoms with Gasteiger partial charge >= 0.3 is 0 Å². The maximum Gasteiger partial charge on any atom is 0.254 e. The number of halogens is 1. The van der Waals surface area contributed by atoms with E-state index in [1.54, 1.807) is 0 Å². The number of carbonyl (C=O) groups is 1. The van der Waals surface area contributed by atoms with Crippen LogP contribution in [-0.2, 0) is 4.74 Å². The van der Waals surface area contributed by atoms with Crippen LogP contribution in [-0.4, -0.2) is 41.6 Å². The highest BCUT2D eigenvalue weighted by atomic mass is 35.5. The molecule has 2 aromatic carbocycles. The van der Waals surface area contributed by atoms with Gasteiger partial charge in [0.1, 0.15) is 0 Å². The van der Waals surface area contributed by atoms with Gasteiger partial charge in [-0.3, -0.25) is 4.79 Å². The standard InChI is InChI=1S/C21H19ClN2O2/c1-14-13-24(10-11-26-14)21(25)18-12-20(15-6-8-16(22)9-7-15)23-19-5-3-2-4-17(18)19/h2-9,12,14H,10-11,13H2,1H3. The quantitative estimate of drug-likeness (QED) is 0.674. The van der Waals surface area contributed by atoms with E-state index in [9.17, 15) is 4.79 Å². The Morgan fingerprint density at radius 2 is 1.96 bits per heavy atom. The van der Waals surface area contributed by atoms with E-state index in [-0.39, 0.29) is 12.0 Å². The van der Waals surface area contributed by atoms with Crippen molar-refractivity contribution in [3.05, 3.63) is 65.2 Å². The van der Waals surface area contributed by atoms with Crippen LogP contribution in [0.5, 0.6) is 0 Å². The first-order valence-corrected chi connectivity index (χ1v) is 9.06. The van der Waals surface area contributed by atoms with E-state index in [4.69, 9.17) is 21.3 Å². The summed E-state index contributed by atoms with van der Waals surface area (Å²) in [5.41, 5.74) is 3.19. The largest absolute Gasteiger partial charge is 0.375 e. The number of hydrogen-bond acceptors (Lipinski definition) is 3. The minimum absolute atomic E-state index is 0.0222. The van der Waals surface area contributed by atoms with Crippen LogP contribution in [0.4, 0.5) is 0 Å². The number of ether oxygens (including phenoxy) is 1. The Morgan fingerprint density at radius 1 is 1.19 bits per heavy atom. The average molecular weight is 367 g/mol. The number of nitrogens with zero attached hydrogens (tertiary/aromatic N) is 2. The summed E-state index contributed by atoms with van der Waals surface area (Å²) in [7, 11) is 0. The Hall–Kier alpha value is -2.43. The van der Waals surface area contributed by atoms with Gasteiger partial charge in [0.25, 0.3) is 5.91 Å². The first kappa shape index (κ1) is 17.0. The molecule has 1 aromatic heterocycles. The second-order valence-corrected chi connectivity index (χ2v) is 6.95. The lowest BCUT2D eigenvalue weighted by Gasteiger charge is -2.31. The molecule has 5 heteroatoms. The number of amides is 1. The number of benzene rings is 2. The number of carbonyl (C=O) groups excluding carboxylic acids is 1. The highest BCUT2D eigenvalue weighted by Gasteiger charge is 2.24. The van der Waals surface area contributed by atoms with Gasteiger partial charge in [0.2, 0.25) is 0 Å². The van der Waals surface area contributed by atoms with Crippen molar-refractivity contribution in [2.45, 2.75) is 13.0 Å². The van der Waals surface area contributed by atoms with Crippen molar-refractivity contribution in [2.75, 3.05) is 19.7 Å². The van der Waals surface area contributed by atoms with Crippen LogP contribution in [0.2, 0.25) is 5.02 Å². The van der Waals surface area contributed by atoms with Gasteiger partial charge in [0, 0.05) is 29.1 Å². The highest BCUT2D eigenvalue weighted by molar-refractivity contribution is 6.30. The molecule has 0 N–H and O–H groups in total. The molecule has 4 nitrogen and oxygen atoms in total. The topological polar surface area (TPSA) is 42.4 Å². The van der Waals surface area contributed by atoms with Gasteiger partial charge in [0.15, 0.2) is 0 Å². The minimum atomic E-state index is 0.0222. The van der Waals surface area contributed by atoms with Crippen LogP contribution in [0, 0.1) is 0 Å². The molecule has 1 amide bonds. The molecular weight excluding hydrogens is 348 g/mol. The van der Waals surface area contributed by atoms with Gasteiger partial charge in [0.05, 0.1) is 29.5 Å². The van der Waals surface area contributed by atoms with Crippen molar-refractivity contribution >= 4 is 28.4 Å². The Kier molecular flexibility index (Phi) is 4.62. The second kappa shape index (κ2) is 7.06. The molecule has 26 heavy (non-hydrogen) atoms. The van der Waals surface area contributed by atoms with Crippen molar-refractivity contribution in [3.63, 3.8) is 0 Å². The van der Waals surface area contributed by atoms with Gasteiger partial charge in [-0.1, -0.05) is 41.9 Å². The molecule has 0 saturated carbocycles. The lowest BCUT2D eigenvalue weighted by Crippen LogP contribution is -2.44. The maximum atomic E-state index is 13.2. The Morgan fingerprint density at radius 3 is 2.73 bits per heavy atom. The molecule has 132 valence electrons. The Bertz CT molecular complexity index is 956. The van der Waals surface area contributed by atoms with Crippen molar-refractivity contribution in [1.82, 2.24) is 9.88 Å². The maximum absolute atomic E-state index is 13.2. The minimum Gasteiger partial charge on any atom is -0.375 e. The van der Waals surface area contributed by atoms with E-state index in [1.165, 1.54) is 0 Å². The molecule has 1 aliphatic heterocycles. The lowest BCUT2D eigenvalue weighted by molar-refractivity contribution is -0.0123. The molecule has 0 spiro atoms. The van der Waals surface area contributed by atoms with E-state index in [1.807, 2.05) is 66.4 Å². The predicted molar refractivity (Wildman–Crippen MR) is 104 cm³/mol. The molecule has 1 atom stereocenters. The fourth-order valence-electron chi connectivity index (χ4n) is 3.29. The fraction of sp³-hybridized carbons (Fsp3) is 0.238. The van der Waals surface area contributed by atoms with Gasteiger partial charge in [-0.25, -0.2) is 4.98 Å². The number of fused-ring (bicyclic) bond motifs is 1. The number of rotatable bonds is 2. The molecule has 0 radical (unpaired) electrons. The van der Waals surface area contributed by atoms with Crippen molar-refractivity contribution in [2.24, 2.45) is 0 Å². The third-order valence-corrected chi connectivity index (χ3v) is 4.87. The SMILES string of the molecule is CC1CN(C(=O)c2cc(-c3ccc(Cl)cc3)nc3ccccc23)CCO1. The van der Waals surface area contributed by atoms with Crippen LogP contribution in [0.15, 0.2) is 54.6 Å². The highest BCUT2D eigenvalue weighted by Crippen LogP contribution is 2.27. The van der Waals surface area contributed by atoms with E-state index in [0.717, 1.165) is 22.2 Å². The Balaban J connectivity index is 1.82. The third-order valence-electron chi connectivity index (χ3n) is 4.61. The van der Waals surface area contributed by atoms with Gasteiger partial charge in [-0.15, -0.1) is 0 Å². The van der Waals surface area contributed by atoms with Crippen molar-refractivity contribution < 1.29 is 9.53 Å². The molecular formula is C21H19ClN2O2. The average Bonchev–Trinajstić information content (AvgIpc) is 2.67. The monoisotopic (exact) mass is 366 g/mol. The summed E-state index contributed by atoms with van der Waals surface area (Å²) in [6.45, 7) is 3.77. The number of hydrogen-bond donors (Lipinski definition) is 0. The smallest absolute Gasteiger partial charge is 0.254 e. The van der Waals surface area contributed by atoms with E-state index in [0.29, 0.717) is 30.3 Å². The summed E-state index contributed by atoms with van der Waals surface area (Å²) in [4.78, 5) is 19.8. The fourth-order valence-corrected chi connectivity index (χ4v) is 3.42. The molecule has 1 fully saturated rings. The van der Waals surface area contributed by atoms with Crippen LogP contribution < -0.4 is 0 Å². The van der Waals surface area contributed by atoms with Gasteiger partial charge in [-0.05, 0) is 31.2 Å². The summed E-state index contributed by atoms with van der Waals surface area (Å²) in [6, 6.07) is 17.1. The predicted octanol–water partition coefficient (Wildman–Crippen LogP) is 4.42. The number of morpholine rings is 1. The first-order chi connectivity index (χ1) is 12.6. The van der Waals surface area contributed by atoms with Crippen molar-refractivity contribution in [1.29, 1.82) is 0 Å². The molecule has 3 aromatic rings. The summed E-state index contributed by atoms with van der Waals surface area (Å²) in [6.07, 6.45) is 0.0523. The molecule has 0 aliphatic carbocycles. The van der Waals surface area contributed by atoms with Crippen LogP contribution in [0.1, 0.15) is 17.3 Å². The molecule has 1 unspecified atom stereocenters. The second-order valence-electron chi connectivity index (χ2n) is 6.51. The molecule has 0 bridgehead atoms. The summed E-state index contributed by atoms with van der Waals surface area (Å²) < 4.78 is 5.57. The molecule has 1 saturated heterocycles. The zero-order valence-corrected chi connectivity index (χ0v) is 15.2. The number of pyridine rings is 1. The van der Waals surface area contributed by atoms with Crippen LogP contribution in [0.25, 0.3) is 22.2 Å². The zero-order valence-electron chi connectivity index (χ0n) is 14.5. The molecule has 2 heterocycles. The lowest BCUT2D eigenvalue weighted by atomic mass is 10.0. The van der Waals surface area contributed by atoms with E-state index in [2.05, 4.69) is 0 Å². The summed E-state index contributed by atoms with van der Waals surface area (Å²) in [5.74, 6) is 0.0222. The van der Waals surface area contributed by atoms with Gasteiger partial charge < -0.3 is 9.64 Å². The Labute approximate surface area is 157 Å². The number of para-hydroxylation sites is 1. The molecule has 1 aliphatic rings.